The Balaban J connectivity index is 2.40. The summed E-state index contributed by atoms with van der Waals surface area (Å²) < 4.78 is 6.40. The summed E-state index contributed by atoms with van der Waals surface area (Å²) in [6, 6.07) is 8.15. The fourth-order valence-corrected chi connectivity index (χ4v) is 4.66. The van der Waals surface area contributed by atoms with Crippen LogP contribution < -0.4 is 4.74 Å². The second kappa shape index (κ2) is 11.2. The highest BCUT2D eigenvalue weighted by Crippen LogP contribution is 2.39. The van der Waals surface area contributed by atoms with Gasteiger partial charge in [0.05, 0.1) is 0 Å². The van der Waals surface area contributed by atoms with Crippen LogP contribution in [0, 0.1) is 6.92 Å². The number of carbonyl (C=O) groups is 1. The van der Waals surface area contributed by atoms with Gasteiger partial charge in [-0.15, -0.1) is 0 Å². The first-order valence-corrected chi connectivity index (χ1v) is 13.0. The Hall–Kier alpha value is -2.00. The van der Waals surface area contributed by atoms with Gasteiger partial charge in [-0.05, 0) is 72.3 Å². The predicted octanol–water partition coefficient (Wildman–Crippen LogP) is 8.26. The largest absolute Gasteiger partial charge is 0.507 e. The van der Waals surface area contributed by atoms with E-state index in [0.717, 1.165) is 41.7 Å². The molecule has 0 saturated carbocycles. The fraction of sp³-hybridized carbons (Fsp3) is 0.567. The van der Waals surface area contributed by atoms with E-state index in [1.54, 1.807) is 6.07 Å². The molecule has 0 aliphatic rings. The first-order chi connectivity index (χ1) is 15.8. The highest BCUT2D eigenvalue weighted by atomic mass is 35.5. The van der Waals surface area contributed by atoms with Gasteiger partial charge in [0.15, 0.2) is 11.9 Å². The molecule has 0 spiro atoms. The van der Waals surface area contributed by atoms with Crippen molar-refractivity contribution in [3.05, 3.63) is 57.1 Å². The van der Waals surface area contributed by atoms with Gasteiger partial charge in [0.2, 0.25) is 0 Å². The van der Waals surface area contributed by atoms with Crippen LogP contribution in [-0.4, -0.2) is 17.0 Å². The van der Waals surface area contributed by atoms with Crippen LogP contribution >= 0.6 is 11.6 Å². The monoisotopic (exact) mass is 486 g/mol. The SMILES string of the molecule is CCc1c(Cl)cc(CC(=O)C(CC)Oc2ccc(C(C)(C)CC)cc2C(C)(C)CC)c(O)c1C. The van der Waals surface area contributed by atoms with Gasteiger partial charge >= 0.3 is 0 Å². The minimum Gasteiger partial charge on any atom is -0.507 e. The lowest BCUT2D eigenvalue weighted by Crippen LogP contribution is -2.30. The van der Waals surface area contributed by atoms with Crippen LogP contribution in [-0.2, 0) is 28.5 Å². The molecule has 1 atom stereocenters. The maximum absolute atomic E-state index is 13.3. The third-order valence-corrected chi connectivity index (χ3v) is 8.01. The maximum Gasteiger partial charge on any atom is 0.177 e. The summed E-state index contributed by atoms with van der Waals surface area (Å²) >= 11 is 6.43. The van der Waals surface area contributed by atoms with Crippen molar-refractivity contribution < 1.29 is 14.6 Å². The fourth-order valence-electron chi connectivity index (χ4n) is 4.25. The Morgan fingerprint density at radius 2 is 1.65 bits per heavy atom. The Labute approximate surface area is 211 Å². The number of phenols is 1. The third kappa shape index (κ3) is 5.97. The van der Waals surface area contributed by atoms with Crippen LogP contribution in [0.15, 0.2) is 24.3 Å². The summed E-state index contributed by atoms with van der Waals surface area (Å²) in [5.74, 6) is 0.863. The van der Waals surface area contributed by atoms with Crippen molar-refractivity contribution in [1.29, 1.82) is 0 Å². The van der Waals surface area contributed by atoms with Crippen LogP contribution in [0.5, 0.6) is 11.5 Å². The van der Waals surface area contributed by atoms with Crippen LogP contribution in [0.3, 0.4) is 0 Å². The van der Waals surface area contributed by atoms with Crippen molar-refractivity contribution in [2.24, 2.45) is 0 Å². The number of Topliss-reactive ketones (excluding diaryl/α,β-unsaturated/α-hetero) is 1. The molecule has 188 valence electrons. The Morgan fingerprint density at radius 1 is 1.03 bits per heavy atom. The molecular weight excluding hydrogens is 444 g/mol. The lowest BCUT2D eigenvalue weighted by molar-refractivity contribution is -0.125. The van der Waals surface area contributed by atoms with E-state index in [0.29, 0.717) is 17.0 Å². The van der Waals surface area contributed by atoms with Gasteiger partial charge in [0.1, 0.15) is 11.5 Å². The molecule has 0 fully saturated rings. The number of benzene rings is 2. The zero-order valence-corrected chi connectivity index (χ0v) is 23.3. The van der Waals surface area contributed by atoms with E-state index in [9.17, 15) is 9.90 Å². The molecule has 0 bridgehead atoms. The van der Waals surface area contributed by atoms with Crippen LogP contribution in [0.4, 0.5) is 0 Å². The number of aromatic hydroxyl groups is 1. The summed E-state index contributed by atoms with van der Waals surface area (Å²) in [4.78, 5) is 13.3. The zero-order valence-electron chi connectivity index (χ0n) is 22.6. The quantitative estimate of drug-likeness (QED) is 0.347. The van der Waals surface area contributed by atoms with E-state index in [1.807, 2.05) is 26.8 Å². The highest BCUT2D eigenvalue weighted by Gasteiger charge is 2.29. The lowest BCUT2D eigenvalue weighted by Gasteiger charge is -2.31. The number of carbonyl (C=O) groups excluding carboxylic acids is 1. The highest BCUT2D eigenvalue weighted by molar-refractivity contribution is 6.31. The number of rotatable bonds is 11. The van der Waals surface area contributed by atoms with Gasteiger partial charge in [0.25, 0.3) is 0 Å². The van der Waals surface area contributed by atoms with E-state index in [2.05, 4.69) is 53.7 Å². The van der Waals surface area contributed by atoms with E-state index >= 15 is 0 Å². The summed E-state index contributed by atoms with van der Waals surface area (Å²) in [6.45, 7) is 19.1. The van der Waals surface area contributed by atoms with Gasteiger partial charge in [-0.1, -0.05) is 79.1 Å². The van der Waals surface area contributed by atoms with Crippen molar-refractivity contribution in [2.45, 2.75) is 111 Å². The van der Waals surface area contributed by atoms with E-state index < -0.39 is 6.10 Å². The second-order valence-corrected chi connectivity index (χ2v) is 11.1. The van der Waals surface area contributed by atoms with Crippen molar-refractivity contribution >= 4 is 17.4 Å². The van der Waals surface area contributed by atoms with Gasteiger partial charge in [-0.3, -0.25) is 4.79 Å². The molecule has 34 heavy (non-hydrogen) atoms. The minimum absolute atomic E-state index is 0.0595. The summed E-state index contributed by atoms with van der Waals surface area (Å²) in [7, 11) is 0. The first kappa shape index (κ1) is 28.2. The van der Waals surface area contributed by atoms with Gasteiger partial charge in [-0.2, -0.15) is 0 Å². The van der Waals surface area contributed by atoms with Gasteiger partial charge < -0.3 is 9.84 Å². The molecule has 3 nitrogen and oxygen atoms in total. The average molecular weight is 487 g/mol. The van der Waals surface area contributed by atoms with Crippen molar-refractivity contribution in [2.75, 3.05) is 0 Å². The standard InChI is InChI=1S/C30H43ClO3/c1-10-22-19(5)28(33)20(16-24(22)31)17-25(32)26(11-2)34-27-15-14-21(29(6,7)12-3)18-23(27)30(8,9)13-4/h14-16,18,26,33H,10-13,17H2,1-9H3. The molecule has 0 radical (unpaired) electrons. The van der Waals surface area contributed by atoms with Crippen LogP contribution in [0.25, 0.3) is 0 Å². The van der Waals surface area contributed by atoms with E-state index in [4.69, 9.17) is 16.3 Å². The number of hydrogen-bond donors (Lipinski definition) is 1. The zero-order chi connectivity index (χ0) is 25.8. The lowest BCUT2D eigenvalue weighted by atomic mass is 9.76. The van der Waals surface area contributed by atoms with E-state index in [-0.39, 0.29) is 28.8 Å². The molecule has 1 unspecified atom stereocenters. The maximum atomic E-state index is 13.3. The molecular formula is C30H43ClO3. The van der Waals surface area contributed by atoms with Crippen molar-refractivity contribution in [3.63, 3.8) is 0 Å². The summed E-state index contributed by atoms with van der Waals surface area (Å²) in [6.07, 6.45) is 2.77. The molecule has 0 aliphatic heterocycles. The van der Waals surface area contributed by atoms with Crippen molar-refractivity contribution in [3.8, 4) is 11.5 Å². The molecule has 0 saturated heterocycles. The molecule has 4 heteroatoms. The topological polar surface area (TPSA) is 46.5 Å². The molecule has 0 aromatic heterocycles. The molecule has 2 aromatic carbocycles. The second-order valence-electron chi connectivity index (χ2n) is 10.7. The average Bonchev–Trinajstić information content (AvgIpc) is 2.80. The number of ether oxygens (including phenoxy) is 1. The van der Waals surface area contributed by atoms with Crippen LogP contribution in [0.2, 0.25) is 5.02 Å². The summed E-state index contributed by atoms with van der Waals surface area (Å²) in [5.41, 5.74) is 4.61. The number of phenolic OH excluding ortho intramolecular Hbond substituents is 1. The smallest absolute Gasteiger partial charge is 0.177 e. The molecule has 2 aromatic rings. The number of halogens is 1. The molecule has 0 amide bonds. The molecule has 0 aliphatic carbocycles. The van der Waals surface area contributed by atoms with Crippen molar-refractivity contribution in [1.82, 2.24) is 0 Å². The predicted molar refractivity (Wildman–Crippen MR) is 144 cm³/mol. The van der Waals surface area contributed by atoms with Gasteiger partial charge in [0, 0.05) is 22.6 Å². The van der Waals surface area contributed by atoms with E-state index in [1.165, 1.54) is 5.56 Å². The molecule has 0 heterocycles. The molecule has 2 rings (SSSR count). The number of hydrogen-bond acceptors (Lipinski definition) is 3. The summed E-state index contributed by atoms with van der Waals surface area (Å²) in [5, 5.41) is 11.3. The Bertz CT molecular complexity index is 1020. The van der Waals surface area contributed by atoms with Gasteiger partial charge in [-0.25, -0.2) is 0 Å². The van der Waals surface area contributed by atoms with Crippen LogP contribution in [0.1, 0.15) is 102 Å². The normalized spacial score (nSPS) is 13.1. The number of ketones is 1. The Morgan fingerprint density at radius 3 is 2.18 bits per heavy atom. The Kier molecular flexibility index (Phi) is 9.27. The minimum atomic E-state index is -0.597. The molecule has 1 N–H and O–H groups in total. The first-order valence-electron chi connectivity index (χ1n) is 12.7. The third-order valence-electron chi connectivity index (χ3n) is 7.68.